The fourth-order valence-corrected chi connectivity index (χ4v) is 3.81. The van der Waals surface area contributed by atoms with Crippen molar-refractivity contribution in [3.63, 3.8) is 0 Å². The number of alkyl halides is 3. The van der Waals surface area contributed by atoms with Crippen LogP contribution >= 0.6 is 0 Å². The molecule has 3 aromatic carbocycles. The van der Waals surface area contributed by atoms with Crippen LogP contribution in [0.1, 0.15) is 11.1 Å². The topological polar surface area (TPSA) is 98.8 Å². The van der Waals surface area contributed by atoms with E-state index < -0.39 is 29.4 Å². The molecule has 4 rings (SSSR count). The lowest BCUT2D eigenvalue weighted by atomic mass is 10.1. The number of nitrogens with zero attached hydrogens (tertiary/aromatic N) is 1. The van der Waals surface area contributed by atoms with Crippen molar-refractivity contribution in [3.05, 3.63) is 83.8 Å². The predicted molar refractivity (Wildman–Crippen MR) is 138 cm³/mol. The molecule has 0 bridgehead atoms. The third-order valence-corrected chi connectivity index (χ3v) is 5.78. The van der Waals surface area contributed by atoms with Crippen LogP contribution in [0.3, 0.4) is 0 Å². The van der Waals surface area contributed by atoms with Gasteiger partial charge in [-0.25, -0.2) is 4.39 Å². The van der Waals surface area contributed by atoms with Crippen molar-refractivity contribution in [1.29, 1.82) is 0 Å². The summed E-state index contributed by atoms with van der Waals surface area (Å²) in [6, 6.07) is 13.1. The Morgan fingerprint density at radius 2 is 1.62 bits per heavy atom. The van der Waals surface area contributed by atoms with Crippen LogP contribution in [-0.2, 0) is 22.2 Å². The Kier molecular flexibility index (Phi) is 8.37. The van der Waals surface area contributed by atoms with Gasteiger partial charge in [-0.1, -0.05) is 18.2 Å². The van der Waals surface area contributed by atoms with E-state index >= 15 is 0 Å². The van der Waals surface area contributed by atoms with E-state index in [1.54, 1.807) is 18.2 Å². The fourth-order valence-electron chi connectivity index (χ4n) is 3.81. The monoisotopic (exact) mass is 557 g/mol. The molecule has 12 heteroatoms. The highest BCUT2D eigenvalue weighted by Crippen LogP contribution is 2.37. The number of hydrogen-bond acceptors (Lipinski definition) is 6. The molecular formula is C28H23F4N3O5. The van der Waals surface area contributed by atoms with Crippen molar-refractivity contribution in [2.75, 3.05) is 26.1 Å². The number of rotatable bonds is 8. The zero-order chi connectivity index (χ0) is 28.9. The second-order valence-electron chi connectivity index (χ2n) is 8.44. The number of fused-ring (bicyclic) bond motifs is 1. The van der Waals surface area contributed by atoms with Gasteiger partial charge in [-0.05, 0) is 42.3 Å². The fraction of sp³-hybridized carbons (Fsp3) is 0.179. The van der Waals surface area contributed by atoms with Crippen LogP contribution in [0, 0.1) is 5.82 Å². The van der Waals surface area contributed by atoms with Crippen LogP contribution in [0.15, 0.2) is 66.9 Å². The average Bonchev–Trinajstić information content (AvgIpc) is 2.93. The predicted octanol–water partition coefficient (Wildman–Crippen LogP) is 5.50. The minimum absolute atomic E-state index is 0.00568. The molecule has 2 amide bonds. The maximum Gasteiger partial charge on any atom is 0.416 e. The maximum absolute atomic E-state index is 14.8. The Bertz CT molecular complexity index is 1560. The molecule has 0 aliphatic rings. The van der Waals surface area contributed by atoms with Crippen molar-refractivity contribution < 1.29 is 41.4 Å². The molecule has 2 N–H and O–H groups in total. The summed E-state index contributed by atoms with van der Waals surface area (Å²) < 4.78 is 69.7. The molecule has 0 unspecified atom stereocenters. The number of methoxy groups -OCH3 is 2. The Labute approximate surface area is 225 Å². The van der Waals surface area contributed by atoms with Gasteiger partial charge in [-0.3, -0.25) is 14.6 Å². The molecule has 0 aliphatic heterocycles. The van der Waals surface area contributed by atoms with E-state index in [1.165, 1.54) is 44.7 Å². The molecule has 0 saturated heterocycles. The number of carbonyl (C=O) groups is 2. The van der Waals surface area contributed by atoms with Crippen molar-refractivity contribution in [3.8, 4) is 23.0 Å². The molecule has 1 heterocycles. The quantitative estimate of drug-likeness (QED) is 0.219. The number of carbonyl (C=O) groups excluding carboxylic acids is 2. The lowest BCUT2D eigenvalue weighted by molar-refractivity contribution is -0.137. The summed E-state index contributed by atoms with van der Waals surface area (Å²) in [5.74, 6) is -1.87. The zero-order valence-corrected chi connectivity index (χ0v) is 21.3. The van der Waals surface area contributed by atoms with Crippen LogP contribution in [0.4, 0.5) is 23.2 Å². The van der Waals surface area contributed by atoms with Gasteiger partial charge in [0.1, 0.15) is 5.75 Å². The third kappa shape index (κ3) is 6.57. The van der Waals surface area contributed by atoms with E-state index in [1.807, 2.05) is 0 Å². The zero-order valence-electron chi connectivity index (χ0n) is 21.3. The highest BCUT2D eigenvalue weighted by atomic mass is 19.4. The minimum atomic E-state index is -4.48. The van der Waals surface area contributed by atoms with Gasteiger partial charge in [-0.15, -0.1) is 0 Å². The summed E-state index contributed by atoms with van der Waals surface area (Å²) in [5, 5.41) is 5.14. The van der Waals surface area contributed by atoms with Gasteiger partial charge in [0.15, 0.2) is 23.1 Å². The SMILES string of the molecule is COc1cc2nccc(Oc3ccc(NC(=O)C(=O)NCCc4cccc(C(F)(F)F)c4)cc3F)c2cc1OC. The van der Waals surface area contributed by atoms with Crippen LogP contribution in [0.5, 0.6) is 23.0 Å². The highest BCUT2D eigenvalue weighted by molar-refractivity contribution is 6.39. The van der Waals surface area contributed by atoms with E-state index in [2.05, 4.69) is 15.6 Å². The van der Waals surface area contributed by atoms with Crippen molar-refractivity contribution in [2.45, 2.75) is 12.6 Å². The van der Waals surface area contributed by atoms with Gasteiger partial charge in [-0.2, -0.15) is 13.2 Å². The van der Waals surface area contributed by atoms with Gasteiger partial charge in [0.25, 0.3) is 0 Å². The number of hydrogen-bond donors (Lipinski definition) is 2. The Morgan fingerprint density at radius 3 is 2.33 bits per heavy atom. The normalized spacial score (nSPS) is 11.2. The van der Waals surface area contributed by atoms with Crippen LogP contribution in [-0.4, -0.2) is 37.6 Å². The summed E-state index contributed by atoms with van der Waals surface area (Å²) in [6.45, 7) is -0.0781. The van der Waals surface area contributed by atoms with Crippen molar-refractivity contribution >= 4 is 28.4 Å². The molecule has 0 aliphatic carbocycles. The number of halogens is 4. The summed E-state index contributed by atoms with van der Waals surface area (Å²) >= 11 is 0. The number of benzene rings is 3. The lowest BCUT2D eigenvalue weighted by Crippen LogP contribution is -2.36. The first kappa shape index (κ1) is 28.1. The third-order valence-electron chi connectivity index (χ3n) is 5.78. The number of anilines is 1. The van der Waals surface area contributed by atoms with E-state index in [0.717, 1.165) is 18.2 Å². The number of pyridine rings is 1. The van der Waals surface area contributed by atoms with Gasteiger partial charge in [0.2, 0.25) is 0 Å². The molecule has 0 saturated carbocycles. The second-order valence-corrected chi connectivity index (χ2v) is 8.44. The molecule has 40 heavy (non-hydrogen) atoms. The first-order chi connectivity index (χ1) is 19.1. The van der Waals surface area contributed by atoms with Gasteiger partial charge < -0.3 is 24.8 Å². The molecule has 0 atom stereocenters. The second kappa shape index (κ2) is 11.9. The molecule has 0 fully saturated rings. The molecular weight excluding hydrogens is 534 g/mol. The standard InChI is InChI=1S/C28H23F4N3O5/c1-38-24-14-19-21(15-25(24)39-2)33-11-9-22(19)40-23-7-6-18(13-20(23)29)35-27(37)26(36)34-10-8-16-4-3-5-17(12-16)28(30,31)32/h3-7,9,11-15H,8,10H2,1-2H3,(H,34,36)(H,35,37). The van der Waals surface area contributed by atoms with Crippen LogP contribution in [0.25, 0.3) is 10.9 Å². The molecule has 8 nitrogen and oxygen atoms in total. The molecule has 4 aromatic rings. The van der Waals surface area contributed by atoms with E-state index in [4.69, 9.17) is 14.2 Å². The molecule has 208 valence electrons. The first-order valence-electron chi connectivity index (χ1n) is 11.8. The van der Waals surface area contributed by atoms with Gasteiger partial charge >= 0.3 is 18.0 Å². The number of amides is 2. The van der Waals surface area contributed by atoms with Gasteiger partial charge in [0.05, 0.1) is 25.3 Å². The summed E-state index contributed by atoms with van der Waals surface area (Å²) in [7, 11) is 2.97. The molecule has 0 radical (unpaired) electrons. The average molecular weight is 558 g/mol. The minimum Gasteiger partial charge on any atom is -0.493 e. The van der Waals surface area contributed by atoms with Crippen LogP contribution < -0.4 is 24.8 Å². The van der Waals surface area contributed by atoms with Crippen molar-refractivity contribution in [1.82, 2.24) is 10.3 Å². The lowest BCUT2D eigenvalue weighted by Gasteiger charge is -2.13. The van der Waals surface area contributed by atoms with Crippen molar-refractivity contribution in [2.24, 2.45) is 0 Å². The number of nitrogens with one attached hydrogen (secondary N) is 2. The Balaban J connectivity index is 1.38. The Morgan fingerprint density at radius 1 is 0.875 bits per heavy atom. The summed E-state index contributed by atoms with van der Waals surface area (Å²) in [5.41, 5.74) is 0.0562. The summed E-state index contributed by atoms with van der Waals surface area (Å²) in [4.78, 5) is 28.6. The molecule has 1 aromatic heterocycles. The maximum atomic E-state index is 14.8. The van der Waals surface area contributed by atoms with E-state index in [-0.39, 0.29) is 24.4 Å². The largest absolute Gasteiger partial charge is 0.493 e. The van der Waals surface area contributed by atoms with Gasteiger partial charge in [0, 0.05) is 35.9 Å². The van der Waals surface area contributed by atoms with E-state index in [9.17, 15) is 27.2 Å². The number of aromatic nitrogens is 1. The highest BCUT2D eigenvalue weighted by Gasteiger charge is 2.30. The first-order valence-corrected chi connectivity index (χ1v) is 11.8. The smallest absolute Gasteiger partial charge is 0.416 e. The van der Waals surface area contributed by atoms with E-state index in [0.29, 0.717) is 33.7 Å². The summed E-state index contributed by atoms with van der Waals surface area (Å²) in [6.07, 6.45) is -2.92. The Hall–Kier alpha value is -4.87. The van der Waals surface area contributed by atoms with Crippen LogP contribution in [0.2, 0.25) is 0 Å². The molecule has 0 spiro atoms. The number of ether oxygens (including phenoxy) is 3.